The van der Waals surface area contributed by atoms with Gasteiger partial charge in [0.1, 0.15) is 17.7 Å². The molecule has 0 aliphatic heterocycles. The molecule has 20 heavy (non-hydrogen) atoms. The Kier molecular flexibility index (Phi) is 2.60. The van der Waals surface area contributed by atoms with E-state index < -0.39 is 11.3 Å². The molecule has 0 radical (unpaired) electrons. The molecule has 7 heteroatoms. The molecule has 3 aromatic rings. The number of hydrogen-bond donors (Lipinski definition) is 2. The highest BCUT2D eigenvalue weighted by Crippen LogP contribution is 2.19. The predicted octanol–water partition coefficient (Wildman–Crippen LogP) is 0.928. The minimum atomic E-state index is -0.842. The van der Waals surface area contributed by atoms with Crippen molar-refractivity contribution in [1.29, 1.82) is 0 Å². The zero-order valence-corrected chi connectivity index (χ0v) is 10.1. The Morgan fingerprint density at radius 2 is 2.00 bits per heavy atom. The summed E-state index contributed by atoms with van der Waals surface area (Å²) < 4.78 is 14.4. The van der Waals surface area contributed by atoms with Gasteiger partial charge in [0.2, 0.25) is 0 Å². The number of benzene rings is 1. The first-order valence-corrected chi connectivity index (χ1v) is 5.73. The van der Waals surface area contributed by atoms with Gasteiger partial charge in [-0.1, -0.05) is 0 Å². The van der Waals surface area contributed by atoms with Crippen molar-refractivity contribution in [3.8, 4) is 11.3 Å². The summed E-state index contributed by atoms with van der Waals surface area (Å²) in [7, 11) is 0. The van der Waals surface area contributed by atoms with Crippen LogP contribution in [0.5, 0.6) is 0 Å². The molecule has 0 unspecified atom stereocenters. The third-order valence-corrected chi connectivity index (χ3v) is 2.95. The van der Waals surface area contributed by atoms with E-state index in [1.165, 1.54) is 41.2 Å². The number of nitrogens with two attached hydrogens (primary N) is 1. The number of pyridine rings is 1. The van der Waals surface area contributed by atoms with Gasteiger partial charge in [0.05, 0.1) is 5.69 Å². The fourth-order valence-electron chi connectivity index (χ4n) is 2.06. The summed E-state index contributed by atoms with van der Waals surface area (Å²) >= 11 is 0. The number of nitrogens with zero attached hydrogens (tertiary/aromatic N) is 2. The first kappa shape index (κ1) is 12.1. The van der Waals surface area contributed by atoms with Crippen LogP contribution in [0.4, 0.5) is 4.39 Å². The molecule has 6 nitrogen and oxygen atoms in total. The zero-order chi connectivity index (χ0) is 14.3. The van der Waals surface area contributed by atoms with E-state index in [4.69, 9.17) is 5.73 Å². The molecule has 0 fully saturated rings. The van der Waals surface area contributed by atoms with Gasteiger partial charge in [0.25, 0.3) is 5.91 Å². The van der Waals surface area contributed by atoms with E-state index >= 15 is 0 Å². The number of amides is 1. The Balaban J connectivity index is 2.36. The van der Waals surface area contributed by atoms with Crippen LogP contribution < -0.4 is 11.2 Å². The third-order valence-electron chi connectivity index (χ3n) is 2.95. The average Bonchev–Trinajstić information content (AvgIpc) is 2.87. The number of hydrogen-bond acceptors (Lipinski definition) is 3. The van der Waals surface area contributed by atoms with E-state index in [0.29, 0.717) is 11.3 Å². The number of carbonyl (C=O) groups excluding carboxylic acids is 1. The number of rotatable bonds is 2. The number of H-pyrrole nitrogens is 1. The largest absolute Gasteiger partial charge is 0.365 e. The van der Waals surface area contributed by atoms with Gasteiger partial charge in [0.15, 0.2) is 11.1 Å². The van der Waals surface area contributed by atoms with Crippen LogP contribution in [-0.4, -0.2) is 20.5 Å². The number of primary amides is 1. The molecular weight excluding hydrogens is 263 g/mol. The number of fused-ring (bicyclic) bond motifs is 1. The van der Waals surface area contributed by atoms with Crippen LogP contribution in [0.25, 0.3) is 16.9 Å². The molecule has 0 aliphatic carbocycles. The van der Waals surface area contributed by atoms with Crippen molar-refractivity contribution in [1.82, 2.24) is 14.6 Å². The fourth-order valence-corrected chi connectivity index (χ4v) is 2.06. The Bertz CT molecular complexity index is 864. The normalized spacial score (nSPS) is 10.8. The molecule has 0 saturated carbocycles. The summed E-state index contributed by atoms with van der Waals surface area (Å²) in [6, 6.07) is 6.89. The van der Waals surface area contributed by atoms with Gasteiger partial charge >= 0.3 is 0 Å². The molecule has 2 heterocycles. The topological polar surface area (TPSA) is 93.3 Å². The first-order chi connectivity index (χ1) is 9.58. The summed E-state index contributed by atoms with van der Waals surface area (Å²) in [5.74, 6) is -1.22. The van der Waals surface area contributed by atoms with Gasteiger partial charge in [-0.05, 0) is 24.3 Å². The monoisotopic (exact) mass is 272 g/mol. The summed E-state index contributed by atoms with van der Waals surface area (Å²) in [5.41, 5.74) is 5.70. The summed E-state index contributed by atoms with van der Waals surface area (Å²) in [6.45, 7) is 0. The number of aromatic nitrogens is 3. The van der Waals surface area contributed by atoms with Crippen LogP contribution in [0, 0.1) is 5.82 Å². The minimum absolute atomic E-state index is 0.143. The molecule has 0 bridgehead atoms. The molecule has 0 atom stereocenters. The van der Waals surface area contributed by atoms with E-state index in [-0.39, 0.29) is 17.0 Å². The van der Waals surface area contributed by atoms with Crippen LogP contribution in [0.3, 0.4) is 0 Å². The van der Waals surface area contributed by atoms with Crippen molar-refractivity contribution in [2.75, 3.05) is 0 Å². The van der Waals surface area contributed by atoms with Gasteiger partial charge in [-0.25, -0.2) is 13.9 Å². The molecular formula is C13H9FN4O2. The van der Waals surface area contributed by atoms with E-state index in [0.717, 1.165) is 0 Å². The van der Waals surface area contributed by atoms with Crippen LogP contribution in [0.1, 0.15) is 10.4 Å². The minimum Gasteiger partial charge on any atom is -0.365 e. The van der Waals surface area contributed by atoms with Crippen LogP contribution in [0.15, 0.2) is 41.5 Å². The summed E-state index contributed by atoms with van der Waals surface area (Å²) in [6.07, 6.45) is 1.34. The predicted molar refractivity (Wildman–Crippen MR) is 69.7 cm³/mol. The molecule has 0 aliphatic rings. The van der Waals surface area contributed by atoms with Crippen LogP contribution in [0.2, 0.25) is 0 Å². The summed E-state index contributed by atoms with van der Waals surface area (Å²) in [4.78, 5) is 27.3. The highest BCUT2D eigenvalue weighted by atomic mass is 19.1. The average molecular weight is 272 g/mol. The molecule has 0 spiro atoms. The Labute approximate surface area is 111 Å². The van der Waals surface area contributed by atoms with Crippen molar-refractivity contribution in [3.05, 3.63) is 58.3 Å². The molecule has 2 aromatic heterocycles. The second-order valence-corrected chi connectivity index (χ2v) is 4.19. The fraction of sp³-hybridized carbons (Fsp3) is 0. The van der Waals surface area contributed by atoms with Crippen molar-refractivity contribution in [2.45, 2.75) is 0 Å². The standard InChI is InChI=1S/C13H9FN4O2/c14-8-3-1-7(2-4-8)9-5-10(19)11(12(15)20)13-16-6-17-18(9)13/h1-6H,(H2,15,20)(H,16,17). The highest BCUT2D eigenvalue weighted by Gasteiger charge is 2.17. The lowest BCUT2D eigenvalue weighted by Crippen LogP contribution is -2.23. The molecule has 3 rings (SSSR count). The maximum absolute atomic E-state index is 13.0. The Morgan fingerprint density at radius 3 is 2.65 bits per heavy atom. The van der Waals surface area contributed by atoms with E-state index in [9.17, 15) is 14.0 Å². The van der Waals surface area contributed by atoms with Crippen molar-refractivity contribution < 1.29 is 9.18 Å². The number of nitrogens with one attached hydrogen (secondary N) is 1. The second-order valence-electron chi connectivity index (χ2n) is 4.19. The second kappa shape index (κ2) is 4.30. The van der Waals surface area contributed by atoms with E-state index in [1.54, 1.807) is 0 Å². The lowest BCUT2D eigenvalue weighted by molar-refractivity contribution is 0.100. The SMILES string of the molecule is NC(=O)c1c(=O)cc(-c2ccc(F)cc2)n2[nH]cnc12. The van der Waals surface area contributed by atoms with Gasteiger partial charge in [-0.15, -0.1) is 0 Å². The quantitative estimate of drug-likeness (QED) is 0.726. The molecule has 3 N–H and O–H groups in total. The molecule has 1 aromatic carbocycles. The van der Waals surface area contributed by atoms with E-state index in [1.807, 2.05) is 0 Å². The summed E-state index contributed by atoms with van der Waals surface area (Å²) in [5, 5.41) is 2.79. The van der Waals surface area contributed by atoms with Gasteiger partial charge in [-0.2, -0.15) is 0 Å². The molecule has 0 saturated heterocycles. The van der Waals surface area contributed by atoms with Crippen LogP contribution >= 0.6 is 0 Å². The Hall–Kier alpha value is -2.96. The van der Waals surface area contributed by atoms with Crippen molar-refractivity contribution in [2.24, 2.45) is 5.73 Å². The third kappa shape index (κ3) is 1.76. The lowest BCUT2D eigenvalue weighted by Gasteiger charge is -2.06. The van der Waals surface area contributed by atoms with E-state index in [2.05, 4.69) is 10.1 Å². The van der Waals surface area contributed by atoms with Gasteiger partial charge in [-0.3, -0.25) is 14.7 Å². The number of carbonyl (C=O) groups is 1. The highest BCUT2D eigenvalue weighted by molar-refractivity contribution is 5.99. The maximum Gasteiger partial charge on any atom is 0.256 e. The van der Waals surface area contributed by atoms with Crippen molar-refractivity contribution >= 4 is 11.6 Å². The number of aromatic amines is 1. The van der Waals surface area contributed by atoms with Crippen molar-refractivity contribution in [3.63, 3.8) is 0 Å². The molecule has 1 amide bonds. The van der Waals surface area contributed by atoms with Gasteiger partial charge < -0.3 is 5.73 Å². The number of halogens is 1. The zero-order valence-electron chi connectivity index (χ0n) is 10.1. The first-order valence-electron chi connectivity index (χ1n) is 5.73. The molecule has 100 valence electrons. The maximum atomic E-state index is 13.0. The smallest absolute Gasteiger partial charge is 0.256 e. The lowest BCUT2D eigenvalue weighted by atomic mass is 10.1. The van der Waals surface area contributed by atoms with Crippen LogP contribution in [-0.2, 0) is 0 Å². The Morgan fingerprint density at radius 1 is 1.30 bits per heavy atom. The van der Waals surface area contributed by atoms with Gasteiger partial charge in [0, 0.05) is 11.6 Å².